The quantitative estimate of drug-likeness (QED) is 0.210. The van der Waals surface area contributed by atoms with Gasteiger partial charge in [-0.05, 0) is 31.7 Å². The highest BCUT2D eigenvalue weighted by atomic mass is 16.5. The van der Waals surface area contributed by atoms with E-state index in [9.17, 15) is 14.4 Å². The van der Waals surface area contributed by atoms with E-state index in [-0.39, 0.29) is 37.6 Å². The van der Waals surface area contributed by atoms with E-state index < -0.39 is 18.0 Å². The molecule has 3 rings (SSSR count). The summed E-state index contributed by atoms with van der Waals surface area (Å²) in [7, 11) is 0. The molecular weight excluding hydrogens is 508 g/mol. The van der Waals surface area contributed by atoms with Crippen LogP contribution in [0, 0.1) is 6.92 Å². The van der Waals surface area contributed by atoms with Crippen molar-refractivity contribution in [3.63, 3.8) is 0 Å². The molecule has 0 fully saturated rings. The maximum atomic E-state index is 13.5. The molecule has 7 N–H and O–H groups in total. The Bertz CT molecular complexity index is 1230. The first-order chi connectivity index (χ1) is 19.3. The second-order valence-electron chi connectivity index (χ2n) is 9.75. The summed E-state index contributed by atoms with van der Waals surface area (Å²) in [6.45, 7) is 3.04. The lowest BCUT2D eigenvalue weighted by Crippen LogP contribution is -2.51. The van der Waals surface area contributed by atoms with Crippen molar-refractivity contribution >= 4 is 17.6 Å². The largest absolute Gasteiger partial charge is 0.361 e. The second-order valence-corrected chi connectivity index (χ2v) is 9.75. The van der Waals surface area contributed by atoms with Gasteiger partial charge in [-0.3, -0.25) is 14.4 Å². The number of benzene rings is 2. The van der Waals surface area contributed by atoms with Crippen LogP contribution < -0.4 is 22.5 Å². The first kappa shape index (κ1) is 30.7. The fraction of sp³-hybridized carbons (Fsp3) is 0.400. The number of hydrogen-bond acceptors (Lipinski definition) is 8. The molecule has 0 bridgehead atoms. The smallest absolute Gasteiger partial charge is 0.238 e. The Morgan fingerprint density at radius 1 is 0.950 bits per heavy atom. The number of carbonyl (C=O) groups excluding carboxylic acids is 3. The van der Waals surface area contributed by atoms with Gasteiger partial charge in [0.2, 0.25) is 11.8 Å². The molecule has 40 heavy (non-hydrogen) atoms. The normalized spacial score (nSPS) is 12.5. The van der Waals surface area contributed by atoms with Crippen molar-refractivity contribution in [2.45, 2.75) is 51.1 Å². The van der Waals surface area contributed by atoms with E-state index in [0.29, 0.717) is 43.8 Å². The Morgan fingerprint density at radius 3 is 2.20 bits per heavy atom. The van der Waals surface area contributed by atoms with Gasteiger partial charge in [0.15, 0.2) is 5.78 Å². The van der Waals surface area contributed by atoms with Crippen molar-refractivity contribution in [1.82, 2.24) is 15.4 Å². The number of nitrogens with zero attached hydrogens (tertiary/aromatic N) is 2. The predicted octanol–water partition coefficient (Wildman–Crippen LogP) is 1.73. The van der Waals surface area contributed by atoms with Crippen molar-refractivity contribution in [2.75, 3.05) is 26.2 Å². The van der Waals surface area contributed by atoms with Crippen molar-refractivity contribution in [3.8, 4) is 11.3 Å². The molecule has 10 heteroatoms. The van der Waals surface area contributed by atoms with E-state index in [1.165, 1.54) is 4.90 Å². The van der Waals surface area contributed by atoms with Crippen LogP contribution >= 0.6 is 0 Å². The minimum Gasteiger partial charge on any atom is -0.361 e. The first-order valence-electron chi connectivity index (χ1n) is 13.6. The summed E-state index contributed by atoms with van der Waals surface area (Å²) in [6.07, 6.45) is 1.38. The number of ketones is 1. The molecule has 2 aromatic carbocycles. The molecule has 0 spiro atoms. The minimum absolute atomic E-state index is 0.129. The summed E-state index contributed by atoms with van der Waals surface area (Å²) < 4.78 is 5.44. The summed E-state index contributed by atoms with van der Waals surface area (Å²) in [6, 6.07) is 17.5. The monoisotopic (exact) mass is 548 g/mol. The molecule has 3 aromatic rings. The SMILES string of the molecule is Cc1onc(-c2ccccc2)c1CCC(=O)[C@H](CCc1ccccc1)NC(=O)[C@@H](N)CC(=O)N(CCN)CCN. The van der Waals surface area contributed by atoms with Gasteiger partial charge < -0.3 is 31.9 Å². The number of carbonyl (C=O) groups is 3. The number of nitrogens with one attached hydrogen (secondary N) is 1. The number of Topliss-reactive ketones (excluding diaryl/α,β-unsaturated/α-hetero) is 1. The topological polar surface area (TPSA) is 171 Å². The van der Waals surface area contributed by atoms with E-state index in [1.54, 1.807) is 0 Å². The van der Waals surface area contributed by atoms with Gasteiger partial charge in [0, 0.05) is 43.7 Å². The lowest BCUT2D eigenvalue weighted by atomic mass is 9.96. The van der Waals surface area contributed by atoms with Crippen LogP contribution in [0.2, 0.25) is 0 Å². The van der Waals surface area contributed by atoms with Crippen LogP contribution in [0.4, 0.5) is 0 Å². The summed E-state index contributed by atoms with van der Waals surface area (Å²) in [5.41, 5.74) is 20.8. The van der Waals surface area contributed by atoms with Crippen molar-refractivity contribution in [2.24, 2.45) is 17.2 Å². The molecule has 0 unspecified atom stereocenters. The van der Waals surface area contributed by atoms with Crippen LogP contribution in [0.15, 0.2) is 65.2 Å². The highest BCUT2D eigenvalue weighted by Crippen LogP contribution is 2.26. The lowest BCUT2D eigenvalue weighted by molar-refractivity contribution is -0.135. The Hall–Kier alpha value is -3.86. The van der Waals surface area contributed by atoms with Gasteiger partial charge in [0.25, 0.3) is 0 Å². The zero-order chi connectivity index (χ0) is 28.9. The third kappa shape index (κ3) is 8.84. The molecule has 2 atom stereocenters. The van der Waals surface area contributed by atoms with E-state index in [0.717, 1.165) is 16.7 Å². The molecule has 0 aliphatic heterocycles. The third-order valence-corrected chi connectivity index (χ3v) is 6.81. The van der Waals surface area contributed by atoms with Gasteiger partial charge in [0.05, 0.1) is 18.5 Å². The van der Waals surface area contributed by atoms with Gasteiger partial charge in [-0.15, -0.1) is 0 Å². The first-order valence-corrected chi connectivity index (χ1v) is 13.6. The van der Waals surface area contributed by atoms with Crippen LogP contribution in [-0.4, -0.2) is 65.9 Å². The molecule has 1 aromatic heterocycles. The third-order valence-electron chi connectivity index (χ3n) is 6.81. The van der Waals surface area contributed by atoms with Crippen LogP contribution in [0.1, 0.15) is 36.1 Å². The Labute approximate surface area is 235 Å². The van der Waals surface area contributed by atoms with Crippen LogP contribution in [0.5, 0.6) is 0 Å². The summed E-state index contributed by atoms with van der Waals surface area (Å²) in [5, 5.41) is 7.01. The fourth-order valence-corrected chi connectivity index (χ4v) is 4.56. The highest BCUT2D eigenvalue weighted by Gasteiger charge is 2.27. The van der Waals surface area contributed by atoms with E-state index in [4.69, 9.17) is 21.7 Å². The maximum absolute atomic E-state index is 13.5. The van der Waals surface area contributed by atoms with Crippen LogP contribution in [0.25, 0.3) is 11.3 Å². The highest BCUT2D eigenvalue weighted by molar-refractivity contribution is 5.93. The molecule has 0 aliphatic rings. The molecule has 0 saturated heterocycles. The van der Waals surface area contributed by atoms with Gasteiger partial charge in [-0.1, -0.05) is 65.8 Å². The number of aryl methyl sites for hydroxylation is 2. The van der Waals surface area contributed by atoms with Crippen LogP contribution in [-0.2, 0) is 27.2 Å². The summed E-state index contributed by atoms with van der Waals surface area (Å²) in [5.74, 6) is -0.333. The van der Waals surface area contributed by atoms with Crippen molar-refractivity contribution in [1.29, 1.82) is 0 Å². The predicted molar refractivity (Wildman–Crippen MR) is 154 cm³/mol. The van der Waals surface area contributed by atoms with Crippen LogP contribution in [0.3, 0.4) is 0 Å². The molecule has 2 amide bonds. The van der Waals surface area contributed by atoms with E-state index >= 15 is 0 Å². The zero-order valence-corrected chi connectivity index (χ0v) is 23.1. The maximum Gasteiger partial charge on any atom is 0.238 e. The molecule has 0 saturated carbocycles. The number of amides is 2. The van der Waals surface area contributed by atoms with E-state index in [2.05, 4.69) is 10.5 Å². The molecule has 0 radical (unpaired) electrons. The van der Waals surface area contributed by atoms with Crippen molar-refractivity contribution in [3.05, 3.63) is 77.6 Å². The fourth-order valence-electron chi connectivity index (χ4n) is 4.56. The lowest BCUT2D eigenvalue weighted by Gasteiger charge is -2.24. The number of hydrogen-bond donors (Lipinski definition) is 4. The molecule has 10 nitrogen and oxygen atoms in total. The second kappa shape index (κ2) is 15.7. The number of nitrogens with two attached hydrogens (primary N) is 3. The summed E-state index contributed by atoms with van der Waals surface area (Å²) in [4.78, 5) is 40.7. The Balaban J connectivity index is 1.69. The molecule has 1 heterocycles. The number of aromatic nitrogens is 1. The van der Waals surface area contributed by atoms with Gasteiger partial charge in [-0.25, -0.2) is 0 Å². The van der Waals surface area contributed by atoms with Crippen molar-refractivity contribution < 1.29 is 18.9 Å². The van der Waals surface area contributed by atoms with E-state index in [1.807, 2.05) is 67.6 Å². The summed E-state index contributed by atoms with van der Waals surface area (Å²) >= 11 is 0. The minimum atomic E-state index is -1.11. The molecule has 0 aliphatic carbocycles. The molecular formula is C30H40N6O4. The number of rotatable bonds is 16. The van der Waals surface area contributed by atoms with Gasteiger partial charge >= 0.3 is 0 Å². The standard InChI is InChI=1S/C30H40N6O4/c1-21-24(29(35-40-21)23-10-6-3-7-11-23)13-15-27(37)26(14-12-22-8-4-2-5-9-22)34-30(39)25(33)20-28(38)36(18-16-31)19-17-32/h2-11,25-26H,12-20,31-33H2,1H3,(H,34,39)/t25-,26-/m0/s1. The molecule has 214 valence electrons. The van der Waals surface area contributed by atoms with Gasteiger partial charge in [-0.2, -0.15) is 0 Å². The zero-order valence-electron chi connectivity index (χ0n) is 23.1. The van der Waals surface area contributed by atoms with Gasteiger partial charge in [0.1, 0.15) is 11.5 Å². The average molecular weight is 549 g/mol. The average Bonchev–Trinajstić information content (AvgIpc) is 3.34. The Kier molecular flexibility index (Phi) is 12.0. The Morgan fingerprint density at radius 2 is 1.57 bits per heavy atom.